The number of aromatic hydroxyl groups is 2. The lowest BCUT2D eigenvalue weighted by Crippen LogP contribution is -2.29. The lowest BCUT2D eigenvalue weighted by molar-refractivity contribution is 0.0812. The average molecular weight is 422 g/mol. The molecule has 2 aromatic rings. The Balaban J connectivity index is 2.23. The minimum atomic E-state index is -0.903. The summed E-state index contributed by atoms with van der Waals surface area (Å²) in [5.74, 6) is -1.57. The monoisotopic (exact) mass is 422 g/mol. The largest absolute Gasteiger partial charge is 0.508 e. The van der Waals surface area contributed by atoms with Gasteiger partial charge in [-0.3, -0.25) is 9.59 Å². The molecular formula is C25H26O6. The fraction of sp³-hybridized carbons (Fsp3) is 0.280. The van der Waals surface area contributed by atoms with Gasteiger partial charge in [0.2, 0.25) is 11.6 Å². The third-order valence-electron chi connectivity index (χ3n) is 5.01. The summed E-state index contributed by atoms with van der Waals surface area (Å²) in [6.45, 7) is 7.66. The summed E-state index contributed by atoms with van der Waals surface area (Å²) in [5, 5.41) is 20.4. The van der Waals surface area contributed by atoms with Crippen molar-refractivity contribution in [3.8, 4) is 23.0 Å². The van der Waals surface area contributed by atoms with E-state index < -0.39 is 17.2 Å². The molecule has 0 amide bonds. The summed E-state index contributed by atoms with van der Waals surface area (Å²) < 4.78 is 11.7. The zero-order valence-corrected chi connectivity index (χ0v) is 18.3. The van der Waals surface area contributed by atoms with Crippen molar-refractivity contribution >= 4 is 17.6 Å². The van der Waals surface area contributed by atoms with E-state index in [1.165, 1.54) is 31.4 Å². The molecule has 0 radical (unpaired) electrons. The number of ether oxygens (including phenoxy) is 2. The molecule has 0 unspecified atom stereocenters. The quantitative estimate of drug-likeness (QED) is 0.392. The molecule has 2 aromatic carbocycles. The van der Waals surface area contributed by atoms with Gasteiger partial charge in [0.15, 0.2) is 0 Å². The van der Waals surface area contributed by atoms with Crippen LogP contribution in [0.1, 0.15) is 59.5 Å². The number of rotatable bonds is 6. The molecule has 6 nitrogen and oxygen atoms in total. The summed E-state index contributed by atoms with van der Waals surface area (Å²) in [7, 11) is 1.39. The van der Waals surface area contributed by atoms with E-state index in [1.54, 1.807) is 12.2 Å². The number of ketones is 2. The summed E-state index contributed by atoms with van der Waals surface area (Å²) >= 11 is 0. The zero-order valence-electron chi connectivity index (χ0n) is 18.3. The van der Waals surface area contributed by atoms with Crippen molar-refractivity contribution in [1.29, 1.82) is 0 Å². The van der Waals surface area contributed by atoms with E-state index in [2.05, 4.69) is 0 Å². The van der Waals surface area contributed by atoms with Crippen LogP contribution in [0.15, 0.2) is 42.0 Å². The predicted molar refractivity (Wildman–Crippen MR) is 118 cm³/mol. The van der Waals surface area contributed by atoms with Crippen LogP contribution in [0.3, 0.4) is 0 Å². The van der Waals surface area contributed by atoms with Crippen molar-refractivity contribution in [2.45, 2.75) is 39.7 Å². The number of phenols is 2. The highest BCUT2D eigenvalue weighted by molar-refractivity contribution is 6.50. The fourth-order valence-electron chi connectivity index (χ4n) is 3.40. The third kappa shape index (κ3) is 4.33. The fourth-order valence-corrected chi connectivity index (χ4v) is 3.40. The number of Topliss-reactive ketones (excluding diaryl/α,β-unsaturated/α-hetero) is 2. The number of carbonyl (C=O) groups excluding carboxylic acids is 2. The first-order chi connectivity index (χ1) is 14.6. The van der Waals surface area contributed by atoms with Crippen molar-refractivity contribution in [2.75, 3.05) is 7.11 Å². The summed E-state index contributed by atoms with van der Waals surface area (Å²) in [4.78, 5) is 26.1. The van der Waals surface area contributed by atoms with Crippen molar-refractivity contribution in [3.05, 3.63) is 64.2 Å². The Kier molecular flexibility index (Phi) is 5.93. The van der Waals surface area contributed by atoms with E-state index in [0.29, 0.717) is 23.3 Å². The lowest BCUT2D eigenvalue weighted by Gasteiger charge is -2.31. The maximum atomic E-state index is 13.2. The van der Waals surface area contributed by atoms with Crippen LogP contribution in [0.25, 0.3) is 6.08 Å². The topological polar surface area (TPSA) is 93.1 Å². The highest BCUT2D eigenvalue weighted by Crippen LogP contribution is 2.48. The normalized spacial score (nSPS) is 13.7. The van der Waals surface area contributed by atoms with Gasteiger partial charge in [-0.2, -0.15) is 0 Å². The number of carbonyl (C=O) groups is 2. The first-order valence-electron chi connectivity index (χ1n) is 9.91. The van der Waals surface area contributed by atoms with Gasteiger partial charge >= 0.3 is 0 Å². The molecule has 31 heavy (non-hydrogen) atoms. The Bertz CT molecular complexity index is 1100. The van der Waals surface area contributed by atoms with E-state index in [0.717, 1.165) is 5.57 Å². The van der Waals surface area contributed by atoms with Gasteiger partial charge in [-0.15, -0.1) is 0 Å². The molecule has 3 rings (SSSR count). The summed E-state index contributed by atoms with van der Waals surface area (Å²) in [6, 6.07) is 5.35. The van der Waals surface area contributed by atoms with Gasteiger partial charge in [-0.1, -0.05) is 11.6 Å². The van der Waals surface area contributed by atoms with Crippen LogP contribution in [-0.2, 0) is 6.42 Å². The second kappa shape index (κ2) is 8.30. The van der Waals surface area contributed by atoms with Gasteiger partial charge in [0.25, 0.3) is 0 Å². The molecule has 162 valence electrons. The van der Waals surface area contributed by atoms with E-state index in [9.17, 15) is 19.8 Å². The molecular weight excluding hydrogens is 396 g/mol. The number of methoxy groups -OCH3 is 1. The van der Waals surface area contributed by atoms with Gasteiger partial charge in [0, 0.05) is 11.1 Å². The minimum absolute atomic E-state index is 0.0212. The van der Waals surface area contributed by atoms with E-state index in [4.69, 9.17) is 9.47 Å². The highest BCUT2D eigenvalue weighted by Gasteiger charge is 2.35. The SMILES string of the molecule is COc1c(CC=C(C)C)c2c(c(O)c1C(=O)C(=O)c1ccc(O)cc1)C=CC(C)(C)O2. The van der Waals surface area contributed by atoms with Gasteiger partial charge in [-0.05, 0) is 70.5 Å². The van der Waals surface area contributed by atoms with Crippen molar-refractivity contribution in [3.63, 3.8) is 0 Å². The number of hydrogen-bond acceptors (Lipinski definition) is 6. The minimum Gasteiger partial charge on any atom is -0.508 e. The van der Waals surface area contributed by atoms with Crippen LogP contribution >= 0.6 is 0 Å². The molecule has 0 spiro atoms. The average Bonchev–Trinajstić information content (AvgIpc) is 2.71. The number of benzene rings is 2. The van der Waals surface area contributed by atoms with E-state index in [1.807, 2.05) is 33.8 Å². The van der Waals surface area contributed by atoms with Crippen LogP contribution < -0.4 is 9.47 Å². The van der Waals surface area contributed by atoms with Gasteiger partial charge in [-0.25, -0.2) is 0 Å². The third-order valence-corrected chi connectivity index (χ3v) is 5.01. The lowest BCUT2D eigenvalue weighted by atomic mass is 9.90. The molecule has 0 atom stereocenters. The Morgan fingerprint density at radius 3 is 2.32 bits per heavy atom. The Morgan fingerprint density at radius 2 is 1.74 bits per heavy atom. The standard InChI is InChI=1S/C25H26O6/c1-14(2)6-11-18-23-17(12-13-25(3,4)31-23)21(28)19(24(18)30-5)22(29)20(27)15-7-9-16(26)10-8-15/h6-10,12-13,26,28H,11H2,1-5H3. The molecule has 0 aliphatic carbocycles. The second-order valence-corrected chi connectivity index (χ2v) is 8.21. The molecule has 6 heteroatoms. The van der Waals surface area contributed by atoms with Crippen LogP contribution in [0.4, 0.5) is 0 Å². The predicted octanol–water partition coefficient (Wildman–Crippen LogP) is 4.86. The number of fused-ring (bicyclic) bond motifs is 1. The molecule has 0 fully saturated rings. The maximum absolute atomic E-state index is 13.2. The van der Waals surface area contributed by atoms with Gasteiger partial charge in [0.1, 0.15) is 34.2 Å². The van der Waals surface area contributed by atoms with E-state index in [-0.39, 0.29) is 28.4 Å². The first-order valence-corrected chi connectivity index (χ1v) is 9.91. The summed E-state index contributed by atoms with van der Waals surface area (Å²) in [5.41, 5.74) is 1.25. The summed E-state index contributed by atoms with van der Waals surface area (Å²) in [6.07, 6.45) is 5.83. The van der Waals surface area contributed by atoms with Crippen molar-refractivity contribution < 1.29 is 29.3 Å². The number of allylic oxidation sites excluding steroid dienone is 2. The molecule has 0 saturated heterocycles. The van der Waals surface area contributed by atoms with Gasteiger partial charge < -0.3 is 19.7 Å². The smallest absolute Gasteiger partial charge is 0.241 e. The Labute approximate surface area is 181 Å². The van der Waals surface area contributed by atoms with Crippen LogP contribution in [0.5, 0.6) is 23.0 Å². The molecule has 0 saturated carbocycles. The molecule has 0 aromatic heterocycles. The van der Waals surface area contributed by atoms with Crippen LogP contribution in [0.2, 0.25) is 0 Å². The second-order valence-electron chi connectivity index (χ2n) is 8.21. The van der Waals surface area contributed by atoms with Gasteiger partial charge in [0.05, 0.1) is 12.7 Å². The molecule has 0 bridgehead atoms. The molecule has 2 N–H and O–H groups in total. The Hall–Kier alpha value is -3.54. The van der Waals surface area contributed by atoms with Crippen LogP contribution in [0, 0.1) is 0 Å². The first kappa shape index (κ1) is 22.2. The molecule has 1 aliphatic heterocycles. The number of hydrogen-bond donors (Lipinski definition) is 2. The number of phenolic OH excluding ortho intramolecular Hbond substituents is 2. The van der Waals surface area contributed by atoms with Crippen LogP contribution in [-0.4, -0.2) is 34.5 Å². The maximum Gasteiger partial charge on any atom is 0.241 e. The highest BCUT2D eigenvalue weighted by atomic mass is 16.5. The Morgan fingerprint density at radius 1 is 1.10 bits per heavy atom. The zero-order chi connectivity index (χ0) is 22.9. The van der Waals surface area contributed by atoms with E-state index >= 15 is 0 Å². The molecule has 1 aliphatic rings. The van der Waals surface area contributed by atoms with Crippen molar-refractivity contribution in [1.82, 2.24) is 0 Å². The molecule has 1 heterocycles. The van der Waals surface area contributed by atoms with Crippen molar-refractivity contribution in [2.24, 2.45) is 0 Å².